The summed E-state index contributed by atoms with van der Waals surface area (Å²) in [7, 11) is 0. The zero-order chi connectivity index (χ0) is 18.8. The molecule has 0 aromatic heterocycles. The summed E-state index contributed by atoms with van der Waals surface area (Å²) in [6.45, 7) is 11.4. The minimum absolute atomic E-state index is 0. The molecule has 0 amide bonds. The number of carbonyl (C=O) groups excluding carboxylic acids is 2. The molecular weight excluding hydrogens is 374 g/mol. The Balaban J connectivity index is -0.000000372. The van der Waals surface area contributed by atoms with Gasteiger partial charge >= 0.3 is 19.5 Å². The summed E-state index contributed by atoms with van der Waals surface area (Å²) in [4.78, 5) is 20.6. The van der Waals surface area contributed by atoms with Crippen LogP contribution in [0.1, 0.15) is 66.2 Å². The van der Waals surface area contributed by atoms with Gasteiger partial charge in [-0.1, -0.05) is 27.7 Å². The van der Waals surface area contributed by atoms with E-state index in [-0.39, 0.29) is 31.3 Å². The van der Waals surface area contributed by atoms with Crippen molar-refractivity contribution in [1.29, 1.82) is 0 Å². The molecule has 0 radical (unpaired) electrons. The number of hydrogen-bond acceptors (Lipinski definition) is 6. The summed E-state index contributed by atoms with van der Waals surface area (Å²) in [6, 6.07) is 0. The molecule has 144 valence electrons. The van der Waals surface area contributed by atoms with Gasteiger partial charge < -0.3 is 30.4 Å². The zero-order valence-corrected chi connectivity index (χ0v) is 19.5. The monoisotopic (exact) mass is 408 g/mol. The van der Waals surface area contributed by atoms with Crippen molar-refractivity contribution in [3.8, 4) is 0 Å². The Bertz CT molecular complexity index is 287. The summed E-state index contributed by atoms with van der Waals surface area (Å²) in [5.74, 6) is -2.50. The molecule has 25 heavy (non-hydrogen) atoms. The third-order valence-corrected chi connectivity index (χ3v) is 3.64. The van der Waals surface area contributed by atoms with Gasteiger partial charge in [0.2, 0.25) is 0 Å². The average molecular weight is 410 g/mol. The molecule has 2 N–H and O–H groups in total. The summed E-state index contributed by atoms with van der Waals surface area (Å²) in [6.07, 6.45) is 5.48. The predicted octanol–water partition coefficient (Wildman–Crippen LogP) is 0.302. The molecule has 7 heteroatoms. The van der Waals surface area contributed by atoms with Crippen LogP contribution < -0.4 is 20.8 Å². The first-order chi connectivity index (χ1) is 11.4. The van der Waals surface area contributed by atoms with Crippen molar-refractivity contribution in [3.05, 3.63) is 0 Å². The van der Waals surface area contributed by atoms with Crippen molar-refractivity contribution in [2.24, 2.45) is 11.8 Å². The molecule has 0 aliphatic rings. The number of rotatable bonds is 14. The van der Waals surface area contributed by atoms with Gasteiger partial charge in [-0.05, 0) is 76.5 Å². The van der Waals surface area contributed by atoms with Gasteiger partial charge in [-0.2, -0.15) is 0 Å². The molecule has 6 nitrogen and oxygen atoms in total. The van der Waals surface area contributed by atoms with Gasteiger partial charge in [0.05, 0.1) is 0 Å². The van der Waals surface area contributed by atoms with Crippen LogP contribution in [0.5, 0.6) is 0 Å². The fourth-order valence-electron chi connectivity index (χ4n) is 1.91. The predicted molar refractivity (Wildman–Crippen MR) is 93.1 cm³/mol. The third-order valence-electron chi connectivity index (χ3n) is 3.64. The van der Waals surface area contributed by atoms with Gasteiger partial charge in [0, 0.05) is 11.9 Å². The molecule has 0 spiro atoms. The molecule has 0 aromatic rings. The van der Waals surface area contributed by atoms with E-state index >= 15 is 0 Å². The molecule has 0 aliphatic heterocycles. The van der Waals surface area contributed by atoms with Crippen LogP contribution in [0.3, 0.4) is 0 Å². The van der Waals surface area contributed by atoms with Crippen molar-refractivity contribution in [3.63, 3.8) is 0 Å². The van der Waals surface area contributed by atoms with E-state index in [0.29, 0.717) is 12.8 Å². The fourth-order valence-corrected chi connectivity index (χ4v) is 1.91. The Morgan fingerprint density at radius 2 is 1.08 bits per heavy atom. The van der Waals surface area contributed by atoms with Crippen LogP contribution in [0.4, 0.5) is 0 Å². The molecule has 0 saturated heterocycles. The van der Waals surface area contributed by atoms with Crippen molar-refractivity contribution < 1.29 is 39.3 Å². The molecule has 2 unspecified atom stereocenters. The van der Waals surface area contributed by atoms with Crippen LogP contribution in [-0.4, -0.2) is 38.1 Å². The normalized spacial score (nSPS) is 12.3. The first-order valence-corrected chi connectivity index (χ1v) is 9.19. The van der Waals surface area contributed by atoms with Gasteiger partial charge in [0.15, 0.2) is 0 Å². The Morgan fingerprint density at radius 3 is 1.32 bits per heavy atom. The molecule has 0 aliphatic carbocycles. The Morgan fingerprint density at radius 1 is 0.760 bits per heavy atom. The first kappa shape index (κ1) is 29.3. The standard InChI is InChI=1S/2C9H19NO2.Zn/c2*1-3-6-10-7-4-5-8(2)9(11)12;/h2*8,10H,3-7H2,1-2H3,(H,11,12);/q;;+2/p-2. The molecule has 0 rings (SSSR count). The van der Waals surface area contributed by atoms with E-state index in [0.717, 1.165) is 51.9 Å². The van der Waals surface area contributed by atoms with Crippen LogP contribution in [0, 0.1) is 11.8 Å². The van der Waals surface area contributed by atoms with Gasteiger partial charge in [0.25, 0.3) is 0 Å². The second-order valence-electron chi connectivity index (χ2n) is 6.22. The maximum atomic E-state index is 10.3. The maximum Gasteiger partial charge on any atom is 2.00 e. The van der Waals surface area contributed by atoms with Crippen LogP contribution in [0.25, 0.3) is 0 Å². The Labute approximate surface area is 166 Å². The molecular formula is C18H36N2O4Zn. The second-order valence-corrected chi connectivity index (χ2v) is 6.22. The molecule has 0 fully saturated rings. The summed E-state index contributed by atoms with van der Waals surface area (Å²) in [5, 5.41) is 27.0. The number of carbonyl (C=O) groups is 2. The fraction of sp³-hybridized carbons (Fsp3) is 0.889. The number of hydrogen-bond donors (Lipinski definition) is 2. The van der Waals surface area contributed by atoms with E-state index in [4.69, 9.17) is 0 Å². The van der Waals surface area contributed by atoms with E-state index in [1.165, 1.54) is 0 Å². The van der Waals surface area contributed by atoms with E-state index in [1.54, 1.807) is 13.8 Å². The van der Waals surface area contributed by atoms with Crippen molar-refractivity contribution >= 4 is 11.9 Å². The minimum Gasteiger partial charge on any atom is -0.550 e. The van der Waals surface area contributed by atoms with Crippen LogP contribution >= 0.6 is 0 Å². The molecule has 0 heterocycles. The van der Waals surface area contributed by atoms with Gasteiger partial charge in [-0.15, -0.1) is 0 Å². The SMILES string of the molecule is CCCNCCCC(C)C(=O)[O-].CCCNCCCC(C)C(=O)[O-].[Zn+2]. The van der Waals surface area contributed by atoms with E-state index in [1.807, 2.05) is 0 Å². The first-order valence-electron chi connectivity index (χ1n) is 9.19. The van der Waals surface area contributed by atoms with Crippen molar-refractivity contribution in [1.82, 2.24) is 10.6 Å². The maximum absolute atomic E-state index is 10.3. The second kappa shape index (κ2) is 21.5. The van der Waals surface area contributed by atoms with Gasteiger partial charge in [-0.25, -0.2) is 0 Å². The molecule has 0 aromatic carbocycles. The molecule has 2 atom stereocenters. The molecule has 0 saturated carbocycles. The van der Waals surface area contributed by atoms with Gasteiger partial charge in [-0.3, -0.25) is 0 Å². The van der Waals surface area contributed by atoms with E-state index in [9.17, 15) is 19.8 Å². The smallest absolute Gasteiger partial charge is 0.550 e. The largest absolute Gasteiger partial charge is 2.00 e. The van der Waals surface area contributed by atoms with E-state index in [2.05, 4.69) is 24.5 Å². The summed E-state index contributed by atoms with van der Waals surface area (Å²) >= 11 is 0. The van der Waals surface area contributed by atoms with Crippen LogP contribution in [0.15, 0.2) is 0 Å². The van der Waals surface area contributed by atoms with Crippen LogP contribution in [-0.2, 0) is 29.1 Å². The van der Waals surface area contributed by atoms with Gasteiger partial charge in [0.1, 0.15) is 0 Å². The Kier molecular flexibility index (Phi) is 25.2. The van der Waals surface area contributed by atoms with Crippen molar-refractivity contribution in [2.75, 3.05) is 26.2 Å². The minimum atomic E-state index is -0.939. The number of carboxylic acid groups (broad SMARTS) is 2. The van der Waals surface area contributed by atoms with Crippen molar-refractivity contribution in [2.45, 2.75) is 66.2 Å². The number of nitrogens with one attached hydrogen (secondary N) is 2. The average Bonchev–Trinajstić information content (AvgIpc) is 2.54. The summed E-state index contributed by atoms with van der Waals surface area (Å²) in [5.41, 5.74) is 0. The Hall–Kier alpha value is -0.517. The zero-order valence-electron chi connectivity index (χ0n) is 16.6. The topological polar surface area (TPSA) is 104 Å². The quantitative estimate of drug-likeness (QED) is 0.316. The number of aliphatic carboxylic acids is 2. The number of carboxylic acids is 2. The van der Waals surface area contributed by atoms with Crippen LogP contribution in [0.2, 0.25) is 0 Å². The molecule has 0 bridgehead atoms. The summed E-state index contributed by atoms with van der Waals surface area (Å²) < 4.78 is 0. The third kappa shape index (κ3) is 23.5. The van der Waals surface area contributed by atoms with E-state index < -0.39 is 11.9 Å².